The van der Waals surface area contributed by atoms with Gasteiger partial charge in [-0.15, -0.1) is 0 Å². The monoisotopic (exact) mass is 458 g/mol. The summed E-state index contributed by atoms with van der Waals surface area (Å²) < 4.78 is 0. The first kappa shape index (κ1) is 22.6. The molecule has 8 heteroatoms. The number of carbonyl (C=O) groups is 3. The lowest BCUT2D eigenvalue weighted by atomic mass is 9.91. The van der Waals surface area contributed by atoms with Gasteiger partial charge < -0.3 is 20.6 Å². The number of aliphatic carboxylic acids is 1. The number of imide groups is 1. The molecule has 0 bridgehead atoms. The van der Waals surface area contributed by atoms with Gasteiger partial charge in [0, 0.05) is 30.3 Å². The number of amides is 2. The van der Waals surface area contributed by atoms with E-state index in [0.717, 1.165) is 16.7 Å². The van der Waals surface area contributed by atoms with Gasteiger partial charge in [0.1, 0.15) is 0 Å². The van der Waals surface area contributed by atoms with Crippen LogP contribution in [0.15, 0.2) is 66.9 Å². The fourth-order valence-corrected chi connectivity index (χ4v) is 3.71. The summed E-state index contributed by atoms with van der Waals surface area (Å²) in [5, 5.41) is 33.3. The number of nitrogens with one attached hydrogen (secondary N) is 2. The van der Waals surface area contributed by atoms with Crippen LogP contribution in [0.2, 0.25) is 0 Å². The third-order valence-electron chi connectivity index (χ3n) is 5.53. The molecule has 172 valence electrons. The van der Waals surface area contributed by atoms with Gasteiger partial charge in [-0.2, -0.15) is 0 Å². The summed E-state index contributed by atoms with van der Waals surface area (Å²) in [5.41, 5.74) is 4.42. The van der Waals surface area contributed by atoms with Crippen LogP contribution in [0.3, 0.4) is 0 Å². The Bertz CT molecular complexity index is 1310. The maximum absolute atomic E-state index is 12.6. The molecule has 4 rings (SSSR count). The summed E-state index contributed by atoms with van der Waals surface area (Å²) in [7, 11) is 0. The van der Waals surface area contributed by atoms with Crippen molar-refractivity contribution >= 4 is 23.4 Å². The average molecular weight is 458 g/mol. The van der Waals surface area contributed by atoms with Crippen molar-refractivity contribution in [1.82, 2.24) is 10.6 Å². The predicted molar refractivity (Wildman–Crippen MR) is 125 cm³/mol. The average Bonchev–Trinajstić information content (AvgIpc) is 2.82. The van der Waals surface area contributed by atoms with E-state index >= 15 is 0 Å². The number of hydrogen-bond donors (Lipinski definition) is 5. The highest BCUT2D eigenvalue weighted by Crippen LogP contribution is 2.30. The maximum Gasteiger partial charge on any atom is 0.303 e. The second kappa shape index (κ2) is 9.50. The number of fused-ring (bicyclic) bond motifs is 1. The number of phenols is 2. The number of aryl methyl sites for hydroxylation is 1. The Morgan fingerprint density at radius 3 is 2.24 bits per heavy atom. The minimum atomic E-state index is -0.850. The second-order valence-corrected chi connectivity index (χ2v) is 7.90. The van der Waals surface area contributed by atoms with Crippen LogP contribution in [-0.2, 0) is 22.6 Å². The molecule has 0 aromatic heterocycles. The van der Waals surface area contributed by atoms with Crippen LogP contribution in [0.4, 0.5) is 0 Å². The molecule has 8 nitrogen and oxygen atoms in total. The van der Waals surface area contributed by atoms with Crippen molar-refractivity contribution in [1.29, 1.82) is 0 Å². The summed E-state index contributed by atoms with van der Waals surface area (Å²) >= 11 is 0. The van der Waals surface area contributed by atoms with Gasteiger partial charge in [0.15, 0.2) is 11.5 Å². The molecule has 0 unspecified atom stereocenters. The lowest BCUT2D eigenvalue weighted by molar-refractivity contribution is -0.137. The number of carboxylic acids is 1. The third-order valence-corrected chi connectivity index (χ3v) is 5.53. The number of carbonyl (C=O) groups excluding carboxylic acids is 2. The molecule has 3 aromatic carbocycles. The van der Waals surface area contributed by atoms with Gasteiger partial charge in [-0.25, -0.2) is 0 Å². The molecule has 0 fully saturated rings. The number of hydrogen-bond acceptors (Lipinski definition) is 6. The quantitative estimate of drug-likeness (QED) is 0.208. The molecular weight excluding hydrogens is 436 g/mol. The van der Waals surface area contributed by atoms with E-state index < -0.39 is 17.8 Å². The SMILES string of the molecule is O=C(O)CCc1ccc(-c2ccc3c(c2)/C(=C\NCc2ccc(O)c(O)c2)C(=O)NC3=O)cc1. The van der Waals surface area contributed by atoms with Gasteiger partial charge >= 0.3 is 5.97 Å². The molecule has 0 aliphatic carbocycles. The molecule has 1 aliphatic heterocycles. The lowest BCUT2D eigenvalue weighted by Gasteiger charge is -2.19. The van der Waals surface area contributed by atoms with Crippen LogP contribution in [0.5, 0.6) is 11.5 Å². The predicted octanol–water partition coefficient (Wildman–Crippen LogP) is 3.18. The summed E-state index contributed by atoms with van der Waals surface area (Å²) in [5.74, 6) is -2.31. The van der Waals surface area contributed by atoms with Crippen LogP contribution >= 0.6 is 0 Å². The van der Waals surface area contributed by atoms with Crippen molar-refractivity contribution in [2.45, 2.75) is 19.4 Å². The number of aromatic hydroxyl groups is 2. The topological polar surface area (TPSA) is 136 Å². The number of phenolic OH excluding ortho intramolecular Hbond substituents is 2. The van der Waals surface area contributed by atoms with Crippen LogP contribution in [0.25, 0.3) is 16.7 Å². The van der Waals surface area contributed by atoms with E-state index in [2.05, 4.69) is 10.6 Å². The number of rotatable bonds is 7. The van der Waals surface area contributed by atoms with Gasteiger partial charge in [-0.1, -0.05) is 36.4 Å². The Balaban J connectivity index is 1.59. The van der Waals surface area contributed by atoms with Crippen molar-refractivity contribution in [3.63, 3.8) is 0 Å². The van der Waals surface area contributed by atoms with Gasteiger partial charge in [0.25, 0.3) is 11.8 Å². The molecule has 0 spiro atoms. The first-order valence-electron chi connectivity index (χ1n) is 10.6. The third kappa shape index (κ3) is 4.91. The molecule has 1 aliphatic rings. The largest absolute Gasteiger partial charge is 0.504 e. The lowest BCUT2D eigenvalue weighted by Crippen LogP contribution is -2.37. The van der Waals surface area contributed by atoms with Gasteiger partial charge in [-0.3, -0.25) is 19.7 Å². The standard InChI is InChI=1S/C26H22N2O6/c29-22-9-3-16(11-23(22)30)13-27-14-21-20-12-18(7-8-19(20)25(33)28-26(21)34)17-5-1-15(2-6-17)4-10-24(31)32/h1-3,5-9,11-12,14,27,29-30H,4,10,13H2,(H,31,32)(H,28,33,34)/b21-14+. The molecule has 34 heavy (non-hydrogen) atoms. The molecule has 2 amide bonds. The molecule has 3 aromatic rings. The van der Waals surface area contributed by atoms with E-state index in [1.54, 1.807) is 24.3 Å². The van der Waals surface area contributed by atoms with E-state index in [1.807, 2.05) is 24.3 Å². The molecule has 0 saturated heterocycles. The summed E-state index contributed by atoms with van der Waals surface area (Å²) in [6.07, 6.45) is 2.01. The van der Waals surface area contributed by atoms with Gasteiger partial charge in [0.2, 0.25) is 0 Å². The maximum atomic E-state index is 12.6. The minimum Gasteiger partial charge on any atom is -0.504 e. The van der Waals surface area contributed by atoms with Crippen LogP contribution in [0, 0.1) is 0 Å². The van der Waals surface area contributed by atoms with Crippen LogP contribution < -0.4 is 10.6 Å². The van der Waals surface area contributed by atoms with Gasteiger partial charge in [-0.05, 0) is 52.9 Å². The van der Waals surface area contributed by atoms with Crippen molar-refractivity contribution in [3.05, 3.63) is 89.1 Å². The zero-order valence-electron chi connectivity index (χ0n) is 18.0. The fraction of sp³-hybridized carbons (Fsp3) is 0.115. The fourth-order valence-electron chi connectivity index (χ4n) is 3.71. The van der Waals surface area contributed by atoms with Crippen molar-refractivity contribution in [2.24, 2.45) is 0 Å². The minimum absolute atomic E-state index is 0.0559. The van der Waals surface area contributed by atoms with Crippen LogP contribution in [-0.4, -0.2) is 33.1 Å². The van der Waals surface area contributed by atoms with Crippen LogP contribution in [0.1, 0.15) is 33.5 Å². The Hall–Kier alpha value is -4.59. The van der Waals surface area contributed by atoms with E-state index in [-0.39, 0.29) is 30.0 Å². The Morgan fingerprint density at radius 2 is 1.53 bits per heavy atom. The van der Waals surface area contributed by atoms with E-state index in [4.69, 9.17) is 5.11 Å². The Labute approximate surface area is 195 Å². The Kier molecular flexibility index (Phi) is 6.31. The highest BCUT2D eigenvalue weighted by atomic mass is 16.4. The zero-order chi connectivity index (χ0) is 24.2. The number of benzene rings is 3. The van der Waals surface area contributed by atoms with E-state index in [0.29, 0.717) is 23.1 Å². The molecule has 5 N–H and O–H groups in total. The highest BCUT2D eigenvalue weighted by Gasteiger charge is 2.27. The van der Waals surface area contributed by atoms with E-state index in [9.17, 15) is 24.6 Å². The highest BCUT2D eigenvalue weighted by molar-refractivity contribution is 6.31. The van der Waals surface area contributed by atoms with Crippen molar-refractivity contribution < 1.29 is 29.7 Å². The summed E-state index contributed by atoms with van der Waals surface area (Å²) in [4.78, 5) is 35.7. The molecule has 0 atom stereocenters. The normalized spacial score (nSPS) is 13.9. The number of carboxylic acid groups (broad SMARTS) is 1. The molecule has 0 radical (unpaired) electrons. The molecule has 0 saturated carbocycles. The smallest absolute Gasteiger partial charge is 0.303 e. The van der Waals surface area contributed by atoms with Crippen molar-refractivity contribution in [3.8, 4) is 22.6 Å². The van der Waals surface area contributed by atoms with E-state index in [1.165, 1.54) is 18.3 Å². The summed E-state index contributed by atoms with van der Waals surface area (Å²) in [6.45, 7) is 0.283. The first-order chi connectivity index (χ1) is 16.3. The van der Waals surface area contributed by atoms with Crippen molar-refractivity contribution in [2.75, 3.05) is 0 Å². The van der Waals surface area contributed by atoms with Gasteiger partial charge in [0.05, 0.1) is 5.57 Å². The Morgan fingerprint density at radius 1 is 0.824 bits per heavy atom. The first-order valence-corrected chi connectivity index (χ1v) is 10.6. The molecule has 1 heterocycles. The molecular formula is C26H22N2O6. The summed E-state index contributed by atoms with van der Waals surface area (Å²) in [6, 6.07) is 17.1. The second-order valence-electron chi connectivity index (χ2n) is 7.90. The zero-order valence-corrected chi connectivity index (χ0v) is 18.0.